The van der Waals surface area contributed by atoms with E-state index in [1.807, 2.05) is 48.0 Å². The molecule has 1 aliphatic heterocycles. The summed E-state index contributed by atoms with van der Waals surface area (Å²) in [5, 5.41) is 23.9. The number of nitrogens with two attached hydrogens (primary N) is 1. The molecule has 0 spiro atoms. The Morgan fingerprint density at radius 1 is 0.843 bits per heavy atom. The molecule has 1 saturated carbocycles. The first-order valence-electron chi connectivity index (χ1n) is 22.8. The van der Waals surface area contributed by atoms with Crippen LogP contribution in [0, 0.1) is 6.92 Å². The van der Waals surface area contributed by atoms with Crippen molar-refractivity contribution >= 4 is 40.3 Å². The number of benzene rings is 4. The number of pyridine rings is 2. The van der Waals surface area contributed by atoms with Gasteiger partial charge >= 0.3 is 6.29 Å². The molecule has 1 aliphatic carbocycles. The van der Waals surface area contributed by atoms with Crippen LogP contribution in [0.3, 0.4) is 0 Å². The van der Waals surface area contributed by atoms with E-state index in [0.717, 1.165) is 50.7 Å². The van der Waals surface area contributed by atoms with Crippen molar-refractivity contribution in [3.8, 4) is 50.8 Å². The third-order valence-corrected chi connectivity index (χ3v) is 12.3. The Hall–Kier alpha value is -7.96. The number of amides is 3. The zero-order valence-corrected chi connectivity index (χ0v) is 38.4. The van der Waals surface area contributed by atoms with Crippen LogP contribution in [0.4, 0.5) is 20.4 Å². The predicted octanol–water partition coefficient (Wildman–Crippen LogP) is 7.56. The van der Waals surface area contributed by atoms with Crippen molar-refractivity contribution in [2.45, 2.75) is 51.4 Å². The van der Waals surface area contributed by atoms with Crippen LogP contribution in [-0.2, 0) is 37.4 Å². The summed E-state index contributed by atoms with van der Waals surface area (Å²) in [7, 11) is 0. The number of phenols is 1. The second-order valence-electron chi connectivity index (χ2n) is 17.0. The third-order valence-electron chi connectivity index (χ3n) is 12.3. The first-order valence-corrected chi connectivity index (χ1v) is 22.8. The molecule has 4 heterocycles. The maximum atomic E-state index is 13.6. The van der Waals surface area contributed by atoms with Gasteiger partial charge in [0.1, 0.15) is 24.0 Å². The number of phenolic OH excluding ortho intramolecular Hbond substituents is 1. The van der Waals surface area contributed by atoms with Crippen LogP contribution in [0.25, 0.3) is 44.4 Å². The number of aromatic nitrogens is 4. The molecule has 0 unspecified atom stereocenters. The van der Waals surface area contributed by atoms with E-state index in [1.165, 1.54) is 12.1 Å². The topological polar surface area (TPSA) is 214 Å². The fourth-order valence-electron chi connectivity index (χ4n) is 8.59. The Labute approximate surface area is 401 Å². The van der Waals surface area contributed by atoms with Gasteiger partial charge in [0.25, 0.3) is 5.91 Å². The maximum absolute atomic E-state index is 13.6. The minimum Gasteiger partial charge on any atom is -0.508 e. The lowest BCUT2D eigenvalue weighted by molar-refractivity contribution is -0.286. The molecule has 0 atom stereocenters. The van der Waals surface area contributed by atoms with E-state index >= 15 is 0 Å². The molecule has 3 amide bonds. The maximum Gasteiger partial charge on any atom is 0.586 e. The normalized spacial score (nSPS) is 14.1. The van der Waals surface area contributed by atoms with Crippen LogP contribution in [0.1, 0.15) is 46.8 Å². The molecular formula is C52H50F2N8O8. The summed E-state index contributed by atoms with van der Waals surface area (Å²) >= 11 is 0. The van der Waals surface area contributed by atoms with Crippen LogP contribution < -0.4 is 31.2 Å². The van der Waals surface area contributed by atoms with Gasteiger partial charge in [0.2, 0.25) is 11.8 Å². The molecule has 2 aliphatic rings. The first kappa shape index (κ1) is 47.1. The minimum atomic E-state index is -3.75. The van der Waals surface area contributed by atoms with Crippen molar-refractivity contribution < 1.29 is 47.2 Å². The molecule has 0 bridgehead atoms. The number of ether oxygens (including phenoxy) is 4. The molecule has 70 heavy (non-hydrogen) atoms. The lowest BCUT2D eigenvalue weighted by Gasteiger charge is -2.17. The number of nitrogens with one attached hydrogen (secondary N) is 3. The quantitative estimate of drug-likeness (QED) is 0.0497. The Morgan fingerprint density at radius 3 is 2.43 bits per heavy atom. The largest absolute Gasteiger partial charge is 0.586 e. The number of rotatable bonds is 19. The number of nitrogen functional groups attached to an aromatic ring is 1. The van der Waals surface area contributed by atoms with Crippen LogP contribution in [0.2, 0.25) is 0 Å². The van der Waals surface area contributed by atoms with E-state index in [9.17, 15) is 28.3 Å². The predicted molar refractivity (Wildman–Crippen MR) is 257 cm³/mol. The Kier molecular flexibility index (Phi) is 13.4. The van der Waals surface area contributed by atoms with E-state index in [1.54, 1.807) is 54.9 Å². The Balaban J connectivity index is 0.684. The van der Waals surface area contributed by atoms with Crippen LogP contribution in [0.5, 0.6) is 17.2 Å². The summed E-state index contributed by atoms with van der Waals surface area (Å²) in [6.45, 7) is 5.47. The van der Waals surface area contributed by atoms with Gasteiger partial charge in [-0.25, -0.2) is 9.97 Å². The number of halogens is 2. The molecule has 360 valence electrons. The molecule has 0 saturated heterocycles. The van der Waals surface area contributed by atoms with Crippen molar-refractivity contribution in [1.29, 1.82) is 0 Å². The van der Waals surface area contributed by atoms with Gasteiger partial charge in [0.15, 0.2) is 11.5 Å². The number of aromatic hydroxyl groups is 1. The number of nitrogens with zero attached hydrogens (tertiary/aromatic N) is 4. The van der Waals surface area contributed by atoms with E-state index in [0.29, 0.717) is 60.0 Å². The Bertz CT molecular complexity index is 3100. The highest BCUT2D eigenvalue weighted by molar-refractivity contribution is 6.01. The monoisotopic (exact) mass is 952 g/mol. The van der Waals surface area contributed by atoms with E-state index < -0.39 is 11.7 Å². The molecule has 18 heteroatoms. The number of aryl methyl sites for hydroxylation is 1. The number of hydrogen-bond acceptors (Lipinski definition) is 12. The second-order valence-corrected chi connectivity index (χ2v) is 17.0. The summed E-state index contributed by atoms with van der Waals surface area (Å²) in [5.41, 5.74) is 14.1. The number of alkyl halides is 2. The minimum absolute atomic E-state index is 0.0885. The number of hydrogen-bond donors (Lipinski definition) is 5. The van der Waals surface area contributed by atoms with Crippen molar-refractivity contribution in [2.75, 3.05) is 50.6 Å². The lowest BCUT2D eigenvalue weighted by atomic mass is 9.91. The SMILES string of the molecule is CCc1c(-c2ccc3c(cnn3CCNC(=O)COCCOCCNC(=O)c3cccc(-c4nc(NC(=O)C5(c6ccc7c(c6)OC(F)(F)O7)CC5)ccc4C)c3)c2)cnc(N)c1-c1ccc(O)cc1. The summed E-state index contributed by atoms with van der Waals surface area (Å²) in [4.78, 5) is 48.3. The standard InChI is InChI=1S/C52H50F2N8O8/c1-3-39-40(29-58-48(55)46(39)32-8-12-38(63)13-9-32)33-10-14-41-36(25-33)28-59-62(41)21-19-56-45(64)30-68-24-23-67-22-20-57-49(65)35-6-4-5-34(26-35)47-31(2)7-16-44(60-47)61-50(66)51(17-18-51)37-11-15-42-43(27-37)70-52(53,54)69-42/h4-16,25-29,63H,3,17-24,30H2,1-2H3,(H2,55,58)(H,56,64)(H,57,65)(H,60,61,66). The molecular weight excluding hydrogens is 903 g/mol. The van der Waals surface area contributed by atoms with E-state index in [4.69, 9.17) is 20.2 Å². The van der Waals surface area contributed by atoms with E-state index in [-0.39, 0.29) is 67.9 Å². The zero-order valence-electron chi connectivity index (χ0n) is 38.4. The molecule has 7 aromatic rings. The highest BCUT2D eigenvalue weighted by Crippen LogP contribution is 2.52. The van der Waals surface area contributed by atoms with Crippen LogP contribution in [0.15, 0.2) is 109 Å². The average Bonchev–Trinajstić information content (AvgIpc) is 3.98. The van der Waals surface area contributed by atoms with E-state index in [2.05, 4.69) is 48.5 Å². The van der Waals surface area contributed by atoms with Gasteiger partial charge in [-0.15, -0.1) is 8.78 Å². The van der Waals surface area contributed by atoms with Crippen LogP contribution >= 0.6 is 0 Å². The highest BCUT2D eigenvalue weighted by atomic mass is 19.3. The molecule has 3 aromatic heterocycles. The molecule has 1 fully saturated rings. The zero-order chi connectivity index (χ0) is 49.0. The number of fused-ring (bicyclic) bond motifs is 2. The van der Waals surface area contributed by atoms with Crippen molar-refractivity contribution in [3.05, 3.63) is 132 Å². The molecule has 6 N–H and O–H groups in total. The molecule has 16 nitrogen and oxygen atoms in total. The van der Waals surface area contributed by atoms with Gasteiger partial charge in [-0.05, 0) is 109 Å². The van der Waals surface area contributed by atoms with Gasteiger partial charge in [0, 0.05) is 46.9 Å². The van der Waals surface area contributed by atoms with Crippen molar-refractivity contribution in [2.24, 2.45) is 0 Å². The van der Waals surface area contributed by atoms with Crippen molar-refractivity contribution in [3.63, 3.8) is 0 Å². The number of anilines is 2. The van der Waals surface area contributed by atoms with Gasteiger partial charge in [-0.1, -0.05) is 49.4 Å². The number of carbonyl (C=O) groups is 3. The first-order chi connectivity index (χ1) is 33.8. The molecule has 0 radical (unpaired) electrons. The van der Waals surface area contributed by atoms with Gasteiger partial charge in [-0.2, -0.15) is 5.10 Å². The summed E-state index contributed by atoms with van der Waals surface area (Å²) in [6, 6.07) is 27.9. The lowest BCUT2D eigenvalue weighted by Crippen LogP contribution is -2.31. The third kappa shape index (κ3) is 10.2. The summed E-state index contributed by atoms with van der Waals surface area (Å²) < 4.78 is 49.3. The average molecular weight is 953 g/mol. The fraction of sp³-hybridized carbons (Fsp3) is 0.269. The van der Waals surface area contributed by atoms with Gasteiger partial charge < -0.3 is 45.7 Å². The molecule has 4 aromatic carbocycles. The van der Waals surface area contributed by atoms with Gasteiger partial charge in [-0.3, -0.25) is 19.1 Å². The van der Waals surface area contributed by atoms with Crippen LogP contribution in [-0.4, -0.2) is 88.4 Å². The number of carbonyl (C=O) groups excluding carboxylic acids is 3. The van der Waals surface area contributed by atoms with Gasteiger partial charge in [0.05, 0.1) is 49.2 Å². The second kappa shape index (κ2) is 19.9. The summed E-state index contributed by atoms with van der Waals surface area (Å²) in [5.74, 6) is -0.205. The molecule has 9 rings (SSSR count). The summed E-state index contributed by atoms with van der Waals surface area (Å²) in [6.07, 6.45) is 1.61. The Morgan fingerprint density at radius 2 is 1.63 bits per heavy atom. The smallest absolute Gasteiger partial charge is 0.508 e. The highest BCUT2D eigenvalue weighted by Gasteiger charge is 2.53. The van der Waals surface area contributed by atoms with Crippen molar-refractivity contribution in [1.82, 2.24) is 30.4 Å². The fourth-order valence-corrected chi connectivity index (χ4v) is 8.59.